The number of hydrogen-bond acceptors (Lipinski definition) is 6. The van der Waals surface area contributed by atoms with Gasteiger partial charge in [0.2, 0.25) is 5.91 Å². The molecule has 0 fully saturated rings. The molecule has 0 atom stereocenters. The fraction of sp³-hybridized carbons (Fsp3) is 0.190. The third-order valence-electron chi connectivity index (χ3n) is 4.53. The lowest BCUT2D eigenvalue weighted by Gasteiger charge is -2.10. The Labute approximate surface area is 166 Å². The number of aromatic nitrogens is 5. The molecule has 0 unspecified atom stereocenters. The van der Waals surface area contributed by atoms with E-state index in [1.54, 1.807) is 22.9 Å². The Bertz CT molecular complexity index is 1210. The van der Waals surface area contributed by atoms with Crippen LogP contribution in [0.5, 0.6) is 5.75 Å². The van der Waals surface area contributed by atoms with Gasteiger partial charge in [-0.05, 0) is 53.2 Å². The van der Waals surface area contributed by atoms with Gasteiger partial charge in [-0.25, -0.2) is 4.57 Å². The Hall–Kier alpha value is -3.81. The van der Waals surface area contributed by atoms with Gasteiger partial charge in [0.1, 0.15) is 5.75 Å². The summed E-state index contributed by atoms with van der Waals surface area (Å²) in [6.07, 6.45) is 1.40. The topological polar surface area (TPSA) is 91.9 Å². The smallest absolute Gasteiger partial charge is 0.257 e. The largest absolute Gasteiger partial charge is 0.494 e. The summed E-state index contributed by atoms with van der Waals surface area (Å²) in [6, 6.07) is 18.1. The van der Waals surface area contributed by atoms with Crippen LogP contribution in [0.2, 0.25) is 0 Å². The number of carbonyl (C=O) groups is 1. The van der Waals surface area contributed by atoms with E-state index in [0.717, 1.165) is 27.9 Å². The number of para-hydroxylation sites is 1. The Morgan fingerprint density at radius 2 is 1.90 bits per heavy atom. The van der Waals surface area contributed by atoms with Gasteiger partial charge in [-0.15, -0.1) is 5.10 Å². The maximum Gasteiger partial charge on any atom is 0.257 e. The molecule has 2 heterocycles. The van der Waals surface area contributed by atoms with E-state index in [-0.39, 0.29) is 11.5 Å². The fourth-order valence-electron chi connectivity index (χ4n) is 3.19. The van der Waals surface area contributed by atoms with Crippen LogP contribution >= 0.6 is 0 Å². The zero-order valence-corrected chi connectivity index (χ0v) is 15.9. The molecule has 0 radical (unpaired) electrons. The summed E-state index contributed by atoms with van der Waals surface area (Å²) < 4.78 is 8.71. The first kappa shape index (κ1) is 18.5. The SMILES string of the molecule is CC(=O)n1c(=O)ccc2cc(OCCCc3nnnn3-c3ccccc3)ccc21. The minimum atomic E-state index is -0.338. The van der Waals surface area contributed by atoms with Crippen molar-refractivity contribution >= 4 is 16.8 Å². The van der Waals surface area contributed by atoms with E-state index in [4.69, 9.17) is 4.74 Å². The summed E-state index contributed by atoms with van der Waals surface area (Å²) in [6.45, 7) is 1.85. The van der Waals surface area contributed by atoms with Crippen LogP contribution in [0.1, 0.15) is 24.0 Å². The molecule has 2 aromatic heterocycles. The van der Waals surface area contributed by atoms with E-state index >= 15 is 0 Å². The summed E-state index contributed by atoms with van der Waals surface area (Å²) in [5.74, 6) is 1.13. The number of pyridine rings is 1. The van der Waals surface area contributed by atoms with Gasteiger partial charge in [0.15, 0.2) is 5.82 Å². The van der Waals surface area contributed by atoms with E-state index in [2.05, 4.69) is 15.5 Å². The lowest BCUT2D eigenvalue weighted by Crippen LogP contribution is -2.23. The molecule has 0 aliphatic rings. The average Bonchev–Trinajstić information content (AvgIpc) is 3.20. The van der Waals surface area contributed by atoms with Crippen LogP contribution in [0.15, 0.2) is 65.5 Å². The second-order valence-electron chi connectivity index (χ2n) is 6.54. The molecule has 0 N–H and O–H groups in total. The van der Waals surface area contributed by atoms with Crippen LogP contribution in [0.4, 0.5) is 0 Å². The van der Waals surface area contributed by atoms with Crippen molar-refractivity contribution in [3.63, 3.8) is 0 Å². The van der Waals surface area contributed by atoms with Gasteiger partial charge in [-0.1, -0.05) is 18.2 Å². The highest BCUT2D eigenvalue weighted by atomic mass is 16.5. The third-order valence-corrected chi connectivity index (χ3v) is 4.53. The van der Waals surface area contributed by atoms with Crippen molar-refractivity contribution in [2.45, 2.75) is 19.8 Å². The van der Waals surface area contributed by atoms with Crippen molar-refractivity contribution in [1.29, 1.82) is 0 Å². The molecule has 8 nitrogen and oxygen atoms in total. The first-order chi connectivity index (χ1) is 14.1. The summed E-state index contributed by atoms with van der Waals surface area (Å²) in [5.41, 5.74) is 1.15. The lowest BCUT2D eigenvalue weighted by molar-refractivity contribution is 0.0937. The van der Waals surface area contributed by atoms with Gasteiger partial charge in [-0.3, -0.25) is 9.59 Å². The van der Waals surface area contributed by atoms with Crippen LogP contribution in [0, 0.1) is 0 Å². The maximum atomic E-state index is 11.9. The predicted molar refractivity (Wildman–Crippen MR) is 107 cm³/mol. The van der Waals surface area contributed by atoms with Gasteiger partial charge < -0.3 is 4.74 Å². The van der Waals surface area contributed by atoms with Crippen molar-refractivity contribution in [3.8, 4) is 11.4 Å². The first-order valence-corrected chi connectivity index (χ1v) is 9.26. The number of nitrogens with zero attached hydrogens (tertiary/aromatic N) is 5. The Morgan fingerprint density at radius 1 is 1.07 bits per heavy atom. The molecular weight excluding hydrogens is 370 g/mol. The molecule has 4 aromatic rings. The highest BCUT2D eigenvalue weighted by Gasteiger charge is 2.09. The number of hydrogen-bond donors (Lipinski definition) is 0. The Balaban J connectivity index is 1.41. The summed E-state index contributed by atoms with van der Waals surface area (Å²) in [5, 5.41) is 12.7. The van der Waals surface area contributed by atoms with E-state index in [9.17, 15) is 9.59 Å². The molecule has 0 aliphatic heterocycles. The van der Waals surface area contributed by atoms with E-state index in [0.29, 0.717) is 24.3 Å². The molecular formula is C21H19N5O3. The molecule has 0 aliphatic carbocycles. The van der Waals surface area contributed by atoms with Crippen LogP contribution in [0.3, 0.4) is 0 Å². The van der Waals surface area contributed by atoms with Crippen molar-refractivity contribution < 1.29 is 9.53 Å². The van der Waals surface area contributed by atoms with E-state index in [1.807, 2.05) is 36.4 Å². The lowest BCUT2D eigenvalue weighted by atomic mass is 10.2. The molecule has 0 spiro atoms. The zero-order valence-electron chi connectivity index (χ0n) is 15.9. The van der Waals surface area contributed by atoms with Crippen molar-refractivity contribution in [3.05, 3.63) is 76.8 Å². The average molecular weight is 389 g/mol. The number of benzene rings is 2. The van der Waals surface area contributed by atoms with Crippen LogP contribution < -0.4 is 10.3 Å². The second kappa shape index (κ2) is 8.05. The number of rotatable bonds is 6. The monoisotopic (exact) mass is 389 g/mol. The summed E-state index contributed by atoms with van der Waals surface area (Å²) in [7, 11) is 0. The second-order valence-corrected chi connectivity index (χ2v) is 6.54. The normalized spacial score (nSPS) is 10.9. The molecule has 146 valence electrons. The Kier molecular flexibility index (Phi) is 5.15. The first-order valence-electron chi connectivity index (χ1n) is 9.26. The third kappa shape index (κ3) is 3.91. The van der Waals surface area contributed by atoms with Crippen LogP contribution in [-0.2, 0) is 6.42 Å². The summed E-state index contributed by atoms with van der Waals surface area (Å²) in [4.78, 5) is 23.6. The molecule has 0 saturated carbocycles. The maximum absolute atomic E-state index is 11.9. The minimum Gasteiger partial charge on any atom is -0.494 e. The fourth-order valence-corrected chi connectivity index (χ4v) is 3.19. The standard InChI is InChI=1S/C21H19N5O3/c1-15(27)25-19-11-10-18(14-16(19)9-12-21(25)28)29-13-5-8-20-22-23-24-26(20)17-6-3-2-4-7-17/h2-4,6-7,9-12,14H,5,8,13H2,1H3. The number of ether oxygens (including phenoxy) is 1. The van der Waals surface area contributed by atoms with E-state index < -0.39 is 0 Å². The molecule has 0 amide bonds. The molecule has 4 rings (SSSR count). The number of tetrazole rings is 1. The number of fused-ring (bicyclic) bond motifs is 1. The molecule has 2 aromatic carbocycles. The zero-order chi connectivity index (χ0) is 20.2. The molecule has 0 saturated heterocycles. The highest BCUT2D eigenvalue weighted by Crippen LogP contribution is 2.20. The molecule has 0 bridgehead atoms. The van der Waals surface area contributed by atoms with Gasteiger partial charge in [0.05, 0.1) is 17.8 Å². The van der Waals surface area contributed by atoms with Gasteiger partial charge in [0.25, 0.3) is 5.56 Å². The quantitative estimate of drug-likeness (QED) is 0.471. The Morgan fingerprint density at radius 3 is 2.69 bits per heavy atom. The molecule has 8 heteroatoms. The predicted octanol–water partition coefficient (Wildman–Crippen LogP) is 2.65. The van der Waals surface area contributed by atoms with Crippen LogP contribution in [0.25, 0.3) is 16.6 Å². The number of aryl methyl sites for hydroxylation is 1. The highest BCUT2D eigenvalue weighted by molar-refractivity contribution is 5.90. The van der Waals surface area contributed by atoms with Gasteiger partial charge >= 0.3 is 0 Å². The van der Waals surface area contributed by atoms with Crippen molar-refractivity contribution in [1.82, 2.24) is 24.8 Å². The van der Waals surface area contributed by atoms with Crippen LogP contribution in [-0.4, -0.2) is 37.3 Å². The van der Waals surface area contributed by atoms with Crippen molar-refractivity contribution in [2.24, 2.45) is 0 Å². The van der Waals surface area contributed by atoms with Gasteiger partial charge in [-0.2, -0.15) is 4.68 Å². The molecule has 29 heavy (non-hydrogen) atoms. The minimum absolute atomic E-state index is 0.314. The van der Waals surface area contributed by atoms with E-state index in [1.165, 1.54) is 13.0 Å². The number of carbonyl (C=O) groups excluding carboxylic acids is 1. The van der Waals surface area contributed by atoms with Gasteiger partial charge in [0, 0.05) is 24.8 Å². The summed E-state index contributed by atoms with van der Waals surface area (Å²) >= 11 is 0. The van der Waals surface area contributed by atoms with Crippen molar-refractivity contribution in [2.75, 3.05) is 6.61 Å².